The fourth-order valence-electron chi connectivity index (χ4n) is 1.34. The number of urea groups is 2. The van der Waals surface area contributed by atoms with Crippen LogP contribution < -0.4 is 10.6 Å². The van der Waals surface area contributed by atoms with Gasteiger partial charge in [0.05, 0.1) is 0 Å². The number of hydrogen-bond acceptors (Lipinski definition) is 4. The molecule has 7 heteroatoms. The van der Waals surface area contributed by atoms with E-state index in [1.165, 1.54) is 0 Å². The van der Waals surface area contributed by atoms with Gasteiger partial charge in [-0.25, -0.2) is 14.5 Å². The van der Waals surface area contributed by atoms with Crippen molar-refractivity contribution in [2.45, 2.75) is 33.1 Å². The number of rotatable bonds is 3. The van der Waals surface area contributed by atoms with Gasteiger partial charge in [0, 0.05) is 6.04 Å². The molecule has 15 heavy (non-hydrogen) atoms. The highest BCUT2D eigenvalue weighted by Gasteiger charge is 2.38. The van der Waals surface area contributed by atoms with Gasteiger partial charge in [0.1, 0.15) is 0 Å². The van der Waals surface area contributed by atoms with Gasteiger partial charge < -0.3 is 5.32 Å². The zero-order valence-electron chi connectivity index (χ0n) is 9.02. The summed E-state index contributed by atoms with van der Waals surface area (Å²) in [5.41, 5.74) is 0. The quantitative estimate of drug-likeness (QED) is 0.585. The molecule has 1 atom stereocenters. The molecule has 1 aliphatic heterocycles. The van der Waals surface area contributed by atoms with Gasteiger partial charge in [0.25, 0.3) is 0 Å². The summed E-state index contributed by atoms with van der Waals surface area (Å²) < 4.78 is 0. The molecule has 0 spiro atoms. The zero-order chi connectivity index (χ0) is 11.6. The highest BCUT2D eigenvalue weighted by molar-refractivity contribution is 5.95. The third-order valence-electron chi connectivity index (χ3n) is 2.04. The van der Waals surface area contributed by atoms with Gasteiger partial charge in [0.15, 0.2) is 6.29 Å². The molecule has 0 aromatic rings. The lowest BCUT2D eigenvalue weighted by Gasteiger charge is -2.38. The summed E-state index contributed by atoms with van der Waals surface area (Å²) in [5, 5.41) is 15.2. The van der Waals surface area contributed by atoms with Gasteiger partial charge in [-0.15, -0.1) is 0 Å². The van der Waals surface area contributed by atoms with E-state index in [-0.39, 0.29) is 6.04 Å². The van der Waals surface area contributed by atoms with Crippen molar-refractivity contribution in [2.24, 2.45) is 0 Å². The molecular formula is C8H16N4O3. The molecule has 0 aromatic carbocycles. The van der Waals surface area contributed by atoms with Crippen LogP contribution in [0.3, 0.4) is 0 Å². The molecule has 1 unspecified atom stereocenters. The SMILES string of the molecule is CCNC1NC(=O)N(C(C)C)C(=O)N1O. The van der Waals surface area contributed by atoms with Crippen molar-refractivity contribution in [1.82, 2.24) is 20.6 Å². The van der Waals surface area contributed by atoms with E-state index in [1.54, 1.807) is 20.8 Å². The predicted octanol–water partition coefficient (Wildman–Crippen LogP) is 0.124. The van der Waals surface area contributed by atoms with E-state index in [0.717, 1.165) is 4.90 Å². The van der Waals surface area contributed by atoms with Crippen LogP contribution in [0.5, 0.6) is 0 Å². The Hall–Kier alpha value is -1.34. The Morgan fingerprint density at radius 2 is 2.13 bits per heavy atom. The van der Waals surface area contributed by atoms with Gasteiger partial charge in [0.2, 0.25) is 0 Å². The van der Waals surface area contributed by atoms with E-state index in [4.69, 9.17) is 0 Å². The maximum Gasteiger partial charge on any atom is 0.355 e. The first kappa shape index (κ1) is 11.7. The minimum atomic E-state index is -0.856. The number of imide groups is 1. The Morgan fingerprint density at radius 1 is 1.53 bits per heavy atom. The highest BCUT2D eigenvalue weighted by Crippen LogP contribution is 2.10. The largest absolute Gasteiger partial charge is 0.355 e. The maximum absolute atomic E-state index is 11.6. The summed E-state index contributed by atoms with van der Waals surface area (Å²) in [6.45, 7) is 5.72. The molecule has 4 amide bonds. The molecule has 0 aromatic heterocycles. The van der Waals surface area contributed by atoms with Gasteiger partial charge in [-0.3, -0.25) is 10.5 Å². The van der Waals surface area contributed by atoms with Crippen molar-refractivity contribution >= 4 is 12.1 Å². The summed E-state index contributed by atoms with van der Waals surface area (Å²) in [6, 6.07) is -1.53. The minimum Gasteiger partial charge on any atom is -0.303 e. The van der Waals surface area contributed by atoms with Crippen LogP contribution in [0.15, 0.2) is 0 Å². The van der Waals surface area contributed by atoms with Crippen molar-refractivity contribution < 1.29 is 14.8 Å². The van der Waals surface area contributed by atoms with Crippen LogP contribution in [0, 0.1) is 0 Å². The molecule has 0 aliphatic carbocycles. The first-order valence-corrected chi connectivity index (χ1v) is 4.84. The summed E-state index contributed by atoms with van der Waals surface area (Å²) in [4.78, 5) is 24.0. The van der Waals surface area contributed by atoms with E-state index in [1.807, 2.05) is 0 Å². The van der Waals surface area contributed by atoms with Crippen molar-refractivity contribution in [2.75, 3.05) is 6.54 Å². The summed E-state index contributed by atoms with van der Waals surface area (Å²) in [5.74, 6) is 0. The first-order chi connectivity index (χ1) is 6.99. The zero-order valence-corrected chi connectivity index (χ0v) is 9.02. The van der Waals surface area contributed by atoms with Crippen LogP contribution in [0.4, 0.5) is 9.59 Å². The molecule has 1 fully saturated rings. The predicted molar refractivity (Wildman–Crippen MR) is 52.0 cm³/mol. The summed E-state index contributed by atoms with van der Waals surface area (Å²) in [6.07, 6.45) is -0.856. The first-order valence-electron chi connectivity index (χ1n) is 4.84. The topological polar surface area (TPSA) is 84.9 Å². The molecule has 7 nitrogen and oxygen atoms in total. The van der Waals surface area contributed by atoms with Crippen LogP contribution >= 0.6 is 0 Å². The van der Waals surface area contributed by atoms with Crippen LogP contribution in [-0.2, 0) is 0 Å². The number of nitrogens with one attached hydrogen (secondary N) is 2. The third kappa shape index (κ3) is 2.18. The average Bonchev–Trinajstić information content (AvgIpc) is 2.13. The molecule has 0 saturated carbocycles. The second kappa shape index (κ2) is 4.45. The van der Waals surface area contributed by atoms with Crippen LogP contribution in [0.1, 0.15) is 20.8 Å². The van der Waals surface area contributed by atoms with Gasteiger partial charge in [-0.05, 0) is 20.4 Å². The van der Waals surface area contributed by atoms with Gasteiger partial charge in [-0.2, -0.15) is 5.06 Å². The number of nitrogens with zero attached hydrogens (tertiary/aromatic N) is 2. The molecule has 1 heterocycles. The fourth-order valence-corrected chi connectivity index (χ4v) is 1.34. The van der Waals surface area contributed by atoms with Gasteiger partial charge in [-0.1, -0.05) is 6.92 Å². The second-order valence-electron chi connectivity index (χ2n) is 3.50. The molecular weight excluding hydrogens is 200 g/mol. The van der Waals surface area contributed by atoms with E-state index in [0.29, 0.717) is 11.6 Å². The second-order valence-corrected chi connectivity index (χ2v) is 3.50. The van der Waals surface area contributed by atoms with E-state index in [9.17, 15) is 14.8 Å². The van der Waals surface area contributed by atoms with Crippen molar-refractivity contribution in [1.29, 1.82) is 0 Å². The molecule has 3 N–H and O–H groups in total. The Kier molecular flexibility index (Phi) is 3.48. The van der Waals surface area contributed by atoms with Crippen LogP contribution in [0.25, 0.3) is 0 Å². The lowest BCUT2D eigenvalue weighted by Crippen LogP contribution is -2.69. The monoisotopic (exact) mass is 216 g/mol. The van der Waals surface area contributed by atoms with E-state index < -0.39 is 18.4 Å². The number of hydroxylamine groups is 2. The molecule has 86 valence electrons. The third-order valence-corrected chi connectivity index (χ3v) is 2.04. The van der Waals surface area contributed by atoms with Crippen LogP contribution in [0.2, 0.25) is 0 Å². The Balaban J connectivity index is 2.79. The molecule has 0 bridgehead atoms. The minimum absolute atomic E-state index is 0.297. The smallest absolute Gasteiger partial charge is 0.303 e. The van der Waals surface area contributed by atoms with Crippen molar-refractivity contribution in [3.63, 3.8) is 0 Å². The molecule has 1 rings (SSSR count). The number of amides is 4. The van der Waals surface area contributed by atoms with E-state index in [2.05, 4.69) is 10.6 Å². The van der Waals surface area contributed by atoms with E-state index >= 15 is 0 Å². The Bertz CT molecular complexity index is 269. The summed E-state index contributed by atoms with van der Waals surface area (Å²) >= 11 is 0. The lowest BCUT2D eigenvalue weighted by molar-refractivity contribution is -0.114. The normalized spacial score (nSPS) is 22.3. The maximum atomic E-state index is 11.6. The van der Waals surface area contributed by atoms with Crippen LogP contribution in [-0.4, -0.2) is 46.1 Å². The fraction of sp³-hybridized carbons (Fsp3) is 0.750. The molecule has 1 saturated heterocycles. The standard InChI is InChI=1S/C8H16N4O3/c1-4-9-6-10-7(13)11(5(2)3)8(14)12(6)15/h5-6,9,15H,4H2,1-3H3,(H,10,13). The molecule has 0 radical (unpaired) electrons. The highest BCUT2D eigenvalue weighted by atomic mass is 16.5. The summed E-state index contributed by atoms with van der Waals surface area (Å²) in [7, 11) is 0. The van der Waals surface area contributed by atoms with Gasteiger partial charge >= 0.3 is 12.1 Å². The van der Waals surface area contributed by atoms with Crippen molar-refractivity contribution in [3.05, 3.63) is 0 Å². The number of hydrogen-bond donors (Lipinski definition) is 3. The molecule has 1 aliphatic rings. The average molecular weight is 216 g/mol. The lowest BCUT2D eigenvalue weighted by atomic mass is 10.3. The Morgan fingerprint density at radius 3 is 2.60 bits per heavy atom. The number of carbonyl (C=O) groups excluding carboxylic acids is 2. The van der Waals surface area contributed by atoms with Crippen molar-refractivity contribution in [3.8, 4) is 0 Å². The number of carbonyl (C=O) groups is 2. The Labute approximate surface area is 88.0 Å².